The van der Waals surface area contributed by atoms with Gasteiger partial charge >= 0.3 is 0 Å². The third-order valence-corrected chi connectivity index (χ3v) is 1.17. The van der Waals surface area contributed by atoms with Gasteiger partial charge in [-0.05, 0) is 0 Å². The molecule has 4 N–H and O–H groups in total. The molecule has 0 radical (unpaired) electrons. The molecule has 0 fully saturated rings. The number of carbonyl (C=O) groups is 1. The molecule has 0 heterocycles. The summed E-state index contributed by atoms with van der Waals surface area (Å²) in [7, 11) is 0. The van der Waals surface area contributed by atoms with E-state index in [0.29, 0.717) is 0 Å². The van der Waals surface area contributed by atoms with Crippen molar-refractivity contribution in [1.82, 2.24) is 0 Å². The molecule has 0 saturated heterocycles. The molecule has 11 heavy (non-hydrogen) atoms. The first-order valence-corrected chi connectivity index (χ1v) is 3.78. The third-order valence-electron chi connectivity index (χ3n) is 0.842. The van der Waals surface area contributed by atoms with Crippen LogP contribution in [0.4, 0.5) is 0 Å². The van der Waals surface area contributed by atoms with Gasteiger partial charge in [-0.3, -0.25) is 8.98 Å². The van der Waals surface area contributed by atoms with E-state index in [-0.39, 0.29) is 13.0 Å². The maximum atomic E-state index is 10.2. The van der Waals surface area contributed by atoms with E-state index in [1.165, 1.54) is 0 Å². The van der Waals surface area contributed by atoms with E-state index in [9.17, 15) is 13.6 Å². The van der Waals surface area contributed by atoms with Crippen molar-refractivity contribution in [2.24, 2.45) is 11.5 Å². The molecule has 0 aromatic heterocycles. The maximum absolute atomic E-state index is 10.2. The molecule has 6 nitrogen and oxygen atoms in total. The molecule has 0 rings (SSSR count). The highest BCUT2D eigenvalue weighted by molar-refractivity contribution is 7.74. The minimum atomic E-state index is -2.58. The van der Waals surface area contributed by atoms with Crippen LogP contribution in [0.25, 0.3) is 0 Å². The standard InChI is InChI=1S/C4H10N2O4S/c5-3(1-4(6)7)2-10-11(8)9/h3H,1-2,5H2,(H2,6,7)(H,8,9)/p-1. The molecule has 0 bridgehead atoms. The molecule has 0 saturated carbocycles. The van der Waals surface area contributed by atoms with Gasteiger partial charge in [0.25, 0.3) is 0 Å². The fourth-order valence-electron chi connectivity index (χ4n) is 0.460. The summed E-state index contributed by atoms with van der Waals surface area (Å²) in [6.45, 7) is -0.223. The number of primary amides is 1. The summed E-state index contributed by atoms with van der Waals surface area (Å²) in [4.78, 5) is 10.2. The summed E-state index contributed by atoms with van der Waals surface area (Å²) in [5.41, 5.74) is 10.00. The molecule has 0 aliphatic rings. The molecule has 2 atom stereocenters. The molecule has 66 valence electrons. The average Bonchev–Trinajstić information content (AvgIpc) is 1.82. The predicted molar refractivity (Wildman–Crippen MR) is 36.7 cm³/mol. The Labute approximate surface area is 66.4 Å². The van der Waals surface area contributed by atoms with Crippen LogP contribution >= 0.6 is 0 Å². The van der Waals surface area contributed by atoms with Crippen LogP contribution in [0.3, 0.4) is 0 Å². The first-order chi connectivity index (χ1) is 5.02. The Morgan fingerprint density at radius 2 is 2.27 bits per heavy atom. The van der Waals surface area contributed by atoms with Crippen LogP contribution in [0.5, 0.6) is 0 Å². The van der Waals surface area contributed by atoms with Gasteiger partial charge in [-0.25, -0.2) is 4.21 Å². The molecule has 7 heteroatoms. The zero-order chi connectivity index (χ0) is 8.85. The Morgan fingerprint density at radius 1 is 1.73 bits per heavy atom. The predicted octanol–water partition coefficient (Wildman–Crippen LogP) is -2.00. The Morgan fingerprint density at radius 3 is 2.64 bits per heavy atom. The van der Waals surface area contributed by atoms with Crippen molar-refractivity contribution in [2.45, 2.75) is 12.5 Å². The lowest BCUT2D eigenvalue weighted by molar-refractivity contribution is -0.118. The Kier molecular flexibility index (Phi) is 4.95. The van der Waals surface area contributed by atoms with Gasteiger partial charge in [-0.2, -0.15) is 0 Å². The van der Waals surface area contributed by atoms with Crippen LogP contribution in [0.15, 0.2) is 0 Å². The fourth-order valence-corrected chi connectivity index (χ4v) is 0.746. The molecule has 2 unspecified atom stereocenters. The van der Waals surface area contributed by atoms with E-state index in [1.807, 2.05) is 0 Å². The van der Waals surface area contributed by atoms with Crippen molar-refractivity contribution in [3.05, 3.63) is 0 Å². The Balaban J connectivity index is 3.44. The summed E-state index contributed by atoms with van der Waals surface area (Å²) in [6, 6.07) is -0.662. The smallest absolute Gasteiger partial charge is 0.219 e. The first-order valence-electron chi connectivity index (χ1n) is 2.78. The van der Waals surface area contributed by atoms with Gasteiger partial charge in [0.05, 0.1) is 18.0 Å². The summed E-state index contributed by atoms with van der Waals surface area (Å²) >= 11 is -2.58. The molecule has 0 spiro atoms. The Bertz CT molecular complexity index is 162. The number of hydrogen-bond acceptors (Lipinski definition) is 5. The summed E-state index contributed by atoms with van der Waals surface area (Å²) < 4.78 is 23.7. The van der Waals surface area contributed by atoms with Gasteiger partial charge in [0, 0.05) is 12.5 Å². The fraction of sp³-hybridized carbons (Fsp3) is 0.750. The topological polar surface area (TPSA) is 118 Å². The van der Waals surface area contributed by atoms with Crippen LogP contribution in [0.1, 0.15) is 6.42 Å². The third kappa shape index (κ3) is 7.40. The lowest BCUT2D eigenvalue weighted by atomic mass is 10.2. The maximum Gasteiger partial charge on any atom is 0.219 e. The molecule has 0 aromatic carbocycles. The monoisotopic (exact) mass is 181 g/mol. The van der Waals surface area contributed by atoms with E-state index < -0.39 is 23.3 Å². The molecule has 0 aliphatic carbocycles. The van der Waals surface area contributed by atoms with Crippen LogP contribution in [0, 0.1) is 0 Å². The largest absolute Gasteiger partial charge is 0.750 e. The number of nitrogens with two attached hydrogens (primary N) is 2. The molecule has 1 amide bonds. The SMILES string of the molecule is NC(=O)CC(N)COS(=O)[O-]. The van der Waals surface area contributed by atoms with E-state index in [1.54, 1.807) is 0 Å². The molecular formula is C4H9N2O4S-. The van der Waals surface area contributed by atoms with Gasteiger partial charge in [-0.1, -0.05) is 0 Å². The van der Waals surface area contributed by atoms with Crippen LogP contribution in [0.2, 0.25) is 0 Å². The van der Waals surface area contributed by atoms with E-state index in [4.69, 9.17) is 11.5 Å². The zero-order valence-electron chi connectivity index (χ0n) is 5.69. The van der Waals surface area contributed by atoms with E-state index in [2.05, 4.69) is 4.18 Å². The molecule has 0 aromatic rings. The van der Waals surface area contributed by atoms with Crippen molar-refractivity contribution < 1.29 is 17.7 Å². The lowest BCUT2D eigenvalue weighted by Crippen LogP contribution is -2.32. The second-order valence-corrected chi connectivity index (χ2v) is 2.56. The van der Waals surface area contributed by atoms with Crippen LogP contribution < -0.4 is 11.5 Å². The van der Waals surface area contributed by atoms with Crippen molar-refractivity contribution in [1.29, 1.82) is 0 Å². The second kappa shape index (κ2) is 5.19. The van der Waals surface area contributed by atoms with Crippen LogP contribution in [-0.2, 0) is 20.3 Å². The highest BCUT2D eigenvalue weighted by atomic mass is 32.2. The number of hydrogen-bond donors (Lipinski definition) is 2. The summed E-state index contributed by atoms with van der Waals surface area (Å²) in [5, 5.41) is 0. The highest BCUT2D eigenvalue weighted by Gasteiger charge is 2.05. The summed E-state index contributed by atoms with van der Waals surface area (Å²) in [5.74, 6) is -0.585. The quantitative estimate of drug-likeness (QED) is 0.475. The van der Waals surface area contributed by atoms with Gasteiger partial charge in [-0.15, -0.1) is 0 Å². The number of amides is 1. The van der Waals surface area contributed by atoms with Crippen molar-refractivity contribution in [3.63, 3.8) is 0 Å². The first kappa shape index (κ1) is 10.5. The average molecular weight is 181 g/mol. The minimum absolute atomic E-state index is 0.0861. The van der Waals surface area contributed by atoms with Gasteiger partial charge in [0.2, 0.25) is 5.91 Å². The van der Waals surface area contributed by atoms with Crippen molar-refractivity contribution in [3.8, 4) is 0 Å². The number of carbonyl (C=O) groups excluding carboxylic acids is 1. The normalized spacial score (nSPS) is 15.8. The number of rotatable bonds is 5. The molecule has 0 aliphatic heterocycles. The van der Waals surface area contributed by atoms with Crippen LogP contribution in [-0.4, -0.2) is 27.3 Å². The highest BCUT2D eigenvalue weighted by Crippen LogP contribution is 1.89. The Hall–Kier alpha value is -0.500. The van der Waals surface area contributed by atoms with Gasteiger partial charge in [0.1, 0.15) is 0 Å². The zero-order valence-corrected chi connectivity index (χ0v) is 6.50. The van der Waals surface area contributed by atoms with Gasteiger partial charge < -0.3 is 16.0 Å². The molecular weight excluding hydrogens is 172 g/mol. The van der Waals surface area contributed by atoms with Gasteiger partial charge in [0.15, 0.2) is 0 Å². The van der Waals surface area contributed by atoms with E-state index in [0.717, 1.165) is 0 Å². The summed E-state index contributed by atoms with van der Waals surface area (Å²) in [6.07, 6.45) is -0.0861. The van der Waals surface area contributed by atoms with Crippen molar-refractivity contribution in [2.75, 3.05) is 6.61 Å². The lowest BCUT2D eigenvalue weighted by Gasteiger charge is -2.10. The minimum Gasteiger partial charge on any atom is -0.750 e. The van der Waals surface area contributed by atoms with Crippen molar-refractivity contribution >= 4 is 17.3 Å². The van der Waals surface area contributed by atoms with E-state index >= 15 is 0 Å². The second-order valence-electron chi connectivity index (χ2n) is 1.92.